The van der Waals surface area contributed by atoms with Crippen molar-refractivity contribution in [3.05, 3.63) is 59.9 Å². The molecule has 0 aliphatic heterocycles. The maximum absolute atomic E-state index is 12.6. The molecule has 26 heavy (non-hydrogen) atoms. The second-order valence-corrected chi connectivity index (χ2v) is 6.58. The Morgan fingerprint density at radius 2 is 1.96 bits per heavy atom. The lowest BCUT2D eigenvalue weighted by Crippen LogP contribution is -2.55. The predicted molar refractivity (Wildman–Crippen MR) is 95.9 cm³/mol. The third kappa shape index (κ3) is 4.20. The number of aromatic nitrogens is 1. The van der Waals surface area contributed by atoms with Gasteiger partial charge in [-0.3, -0.25) is 9.78 Å². The highest BCUT2D eigenvalue weighted by atomic mass is 16.5. The number of carboxylic acid groups (broad SMARTS) is 1. The van der Waals surface area contributed by atoms with Crippen LogP contribution in [0, 0.1) is 0 Å². The number of carboxylic acids is 1. The standard InChI is InChI=1S/C20H22N2O4/c23-18(22-20(19(24)25)9-2-1-3-10-20)16-7-4-8-17(12-16)26-14-15-6-5-11-21-13-15/h4-8,11-13H,1-3,9-10,14H2,(H,22,23)(H,24,25). The van der Waals surface area contributed by atoms with Gasteiger partial charge in [-0.15, -0.1) is 0 Å². The summed E-state index contributed by atoms with van der Waals surface area (Å²) in [5, 5.41) is 12.3. The van der Waals surface area contributed by atoms with E-state index < -0.39 is 11.5 Å². The van der Waals surface area contributed by atoms with Gasteiger partial charge < -0.3 is 15.2 Å². The summed E-state index contributed by atoms with van der Waals surface area (Å²) >= 11 is 0. The van der Waals surface area contributed by atoms with Crippen LogP contribution in [-0.4, -0.2) is 27.5 Å². The van der Waals surface area contributed by atoms with Gasteiger partial charge in [0.2, 0.25) is 0 Å². The molecule has 0 spiro atoms. The Kier molecular flexibility index (Phi) is 5.51. The second kappa shape index (κ2) is 7.99. The monoisotopic (exact) mass is 354 g/mol. The molecule has 6 nitrogen and oxygen atoms in total. The Morgan fingerprint density at radius 3 is 2.65 bits per heavy atom. The van der Waals surface area contributed by atoms with Crippen molar-refractivity contribution in [3.63, 3.8) is 0 Å². The molecular weight excluding hydrogens is 332 g/mol. The van der Waals surface area contributed by atoms with Crippen LogP contribution in [0.15, 0.2) is 48.8 Å². The van der Waals surface area contributed by atoms with Crippen molar-refractivity contribution < 1.29 is 19.4 Å². The number of hydrogen-bond acceptors (Lipinski definition) is 4. The van der Waals surface area contributed by atoms with Crippen molar-refractivity contribution in [2.24, 2.45) is 0 Å². The van der Waals surface area contributed by atoms with Crippen LogP contribution in [0.2, 0.25) is 0 Å². The van der Waals surface area contributed by atoms with Crippen molar-refractivity contribution in [2.45, 2.75) is 44.2 Å². The van der Waals surface area contributed by atoms with Crippen LogP contribution in [0.25, 0.3) is 0 Å². The summed E-state index contributed by atoms with van der Waals surface area (Å²) in [7, 11) is 0. The van der Waals surface area contributed by atoms with Gasteiger partial charge in [-0.2, -0.15) is 0 Å². The molecule has 1 fully saturated rings. The van der Waals surface area contributed by atoms with Crippen LogP contribution in [0.3, 0.4) is 0 Å². The third-order valence-electron chi connectivity index (χ3n) is 4.69. The zero-order chi connectivity index (χ0) is 18.4. The van der Waals surface area contributed by atoms with Crippen LogP contribution >= 0.6 is 0 Å². The zero-order valence-corrected chi connectivity index (χ0v) is 14.5. The minimum Gasteiger partial charge on any atom is -0.489 e. The van der Waals surface area contributed by atoms with E-state index in [1.54, 1.807) is 36.7 Å². The lowest BCUT2D eigenvalue weighted by molar-refractivity contribution is -0.145. The summed E-state index contributed by atoms with van der Waals surface area (Å²) in [6.07, 6.45) is 6.95. The number of nitrogens with one attached hydrogen (secondary N) is 1. The minimum atomic E-state index is -1.16. The van der Waals surface area contributed by atoms with E-state index >= 15 is 0 Å². The van der Waals surface area contributed by atoms with E-state index in [1.807, 2.05) is 12.1 Å². The molecule has 0 atom stereocenters. The lowest BCUT2D eigenvalue weighted by Gasteiger charge is -2.34. The Labute approximate surface area is 152 Å². The van der Waals surface area contributed by atoms with Crippen molar-refractivity contribution in [1.29, 1.82) is 0 Å². The molecule has 3 rings (SSSR count). The zero-order valence-electron chi connectivity index (χ0n) is 14.5. The summed E-state index contributed by atoms with van der Waals surface area (Å²) in [4.78, 5) is 28.4. The molecule has 2 aromatic rings. The fraction of sp³-hybridized carbons (Fsp3) is 0.350. The molecule has 1 aromatic heterocycles. The van der Waals surface area contributed by atoms with Gasteiger partial charge in [0.05, 0.1) is 0 Å². The maximum atomic E-state index is 12.6. The molecule has 1 saturated carbocycles. The smallest absolute Gasteiger partial charge is 0.329 e. The van der Waals surface area contributed by atoms with E-state index in [0.29, 0.717) is 30.8 Å². The highest BCUT2D eigenvalue weighted by molar-refractivity contribution is 5.98. The first-order valence-corrected chi connectivity index (χ1v) is 8.77. The highest BCUT2D eigenvalue weighted by Crippen LogP contribution is 2.29. The van der Waals surface area contributed by atoms with Gasteiger partial charge in [-0.05, 0) is 37.1 Å². The first kappa shape index (κ1) is 17.9. The first-order valence-electron chi connectivity index (χ1n) is 8.77. The van der Waals surface area contributed by atoms with E-state index in [9.17, 15) is 14.7 Å². The number of nitrogens with zero attached hydrogens (tertiary/aromatic N) is 1. The average molecular weight is 354 g/mol. The molecular formula is C20H22N2O4. The first-order chi connectivity index (χ1) is 12.6. The Hall–Kier alpha value is -2.89. The summed E-state index contributed by atoms with van der Waals surface area (Å²) < 4.78 is 5.71. The van der Waals surface area contributed by atoms with Gasteiger partial charge in [-0.1, -0.05) is 31.4 Å². The van der Waals surface area contributed by atoms with E-state index in [2.05, 4.69) is 10.3 Å². The molecule has 1 aliphatic rings. The summed E-state index contributed by atoms with van der Waals surface area (Å²) in [6, 6.07) is 10.5. The second-order valence-electron chi connectivity index (χ2n) is 6.58. The number of amides is 1. The molecule has 1 aliphatic carbocycles. The van der Waals surface area contributed by atoms with Gasteiger partial charge in [0.15, 0.2) is 0 Å². The predicted octanol–water partition coefficient (Wildman–Crippen LogP) is 3.18. The van der Waals surface area contributed by atoms with Gasteiger partial charge in [-0.25, -0.2) is 4.79 Å². The Balaban J connectivity index is 1.68. The van der Waals surface area contributed by atoms with Crippen molar-refractivity contribution >= 4 is 11.9 Å². The maximum Gasteiger partial charge on any atom is 0.329 e. The number of pyridine rings is 1. The molecule has 0 bridgehead atoms. The molecule has 0 radical (unpaired) electrons. The summed E-state index contributed by atoms with van der Waals surface area (Å²) in [5.41, 5.74) is 0.149. The van der Waals surface area contributed by atoms with Gasteiger partial charge in [0.25, 0.3) is 5.91 Å². The Morgan fingerprint density at radius 1 is 1.15 bits per heavy atom. The van der Waals surface area contributed by atoms with Gasteiger partial charge in [0, 0.05) is 23.5 Å². The molecule has 1 aromatic carbocycles. The number of aliphatic carboxylic acids is 1. The van der Waals surface area contributed by atoms with Crippen LogP contribution < -0.4 is 10.1 Å². The highest BCUT2D eigenvalue weighted by Gasteiger charge is 2.41. The molecule has 0 saturated heterocycles. The topological polar surface area (TPSA) is 88.5 Å². The number of rotatable bonds is 6. The molecule has 2 N–H and O–H groups in total. The molecule has 1 heterocycles. The molecule has 136 valence electrons. The number of hydrogen-bond donors (Lipinski definition) is 2. The van der Waals surface area contributed by atoms with E-state index in [4.69, 9.17) is 4.74 Å². The summed E-state index contributed by atoms with van der Waals surface area (Å²) in [6.45, 7) is 0.345. The van der Waals surface area contributed by atoms with E-state index in [1.165, 1.54) is 0 Å². The van der Waals surface area contributed by atoms with Gasteiger partial charge >= 0.3 is 5.97 Å². The molecule has 6 heteroatoms. The van der Waals surface area contributed by atoms with Crippen molar-refractivity contribution in [3.8, 4) is 5.75 Å². The van der Waals surface area contributed by atoms with Crippen molar-refractivity contribution in [1.82, 2.24) is 10.3 Å². The number of ether oxygens (including phenoxy) is 1. The molecule has 0 unspecified atom stereocenters. The Bertz CT molecular complexity index is 770. The minimum absolute atomic E-state index is 0.345. The fourth-order valence-corrected chi connectivity index (χ4v) is 3.21. The SMILES string of the molecule is O=C(NC1(C(=O)O)CCCCC1)c1cccc(OCc2cccnc2)c1. The molecule has 1 amide bonds. The van der Waals surface area contributed by atoms with Crippen LogP contribution in [0.5, 0.6) is 5.75 Å². The quantitative estimate of drug-likeness (QED) is 0.832. The third-order valence-corrected chi connectivity index (χ3v) is 4.69. The van der Waals surface area contributed by atoms with Crippen LogP contribution in [0.4, 0.5) is 0 Å². The van der Waals surface area contributed by atoms with E-state index in [-0.39, 0.29) is 5.91 Å². The lowest BCUT2D eigenvalue weighted by atomic mass is 9.81. The van der Waals surface area contributed by atoms with Crippen LogP contribution in [-0.2, 0) is 11.4 Å². The normalized spacial score (nSPS) is 15.8. The number of benzene rings is 1. The summed E-state index contributed by atoms with van der Waals surface area (Å²) in [5.74, 6) is -0.801. The van der Waals surface area contributed by atoms with Crippen molar-refractivity contribution in [2.75, 3.05) is 0 Å². The van der Waals surface area contributed by atoms with E-state index in [0.717, 1.165) is 24.8 Å². The van der Waals surface area contributed by atoms with Gasteiger partial charge in [0.1, 0.15) is 17.9 Å². The fourth-order valence-electron chi connectivity index (χ4n) is 3.21. The number of carbonyl (C=O) groups is 2. The largest absolute Gasteiger partial charge is 0.489 e. The average Bonchev–Trinajstić information content (AvgIpc) is 2.68. The number of carbonyl (C=O) groups excluding carboxylic acids is 1. The van der Waals surface area contributed by atoms with Crippen LogP contribution in [0.1, 0.15) is 48.0 Å².